The van der Waals surface area contributed by atoms with Crippen LogP contribution in [0.1, 0.15) is 18.4 Å². The second-order valence-electron chi connectivity index (χ2n) is 4.05. The lowest BCUT2D eigenvalue weighted by molar-refractivity contribution is -0.140. The van der Waals surface area contributed by atoms with E-state index in [2.05, 4.69) is 9.64 Å². The molecule has 0 saturated heterocycles. The number of methoxy groups -OCH3 is 1. The fourth-order valence-corrected chi connectivity index (χ4v) is 1.62. The number of nitrogens with zero attached hydrogens (tertiary/aromatic N) is 1. The zero-order chi connectivity index (χ0) is 12.7. The van der Waals surface area contributed by atoms with Gasteiger partial charge < -0.3 is 9.64 Å². The summed E-state index contributed by atoms with van der Waals surface area (Å²) in [6.07, 6.45) is 1.17. The molecule has 0 bridgehead atoms. The van der Waals surface area contributed by atoms with Crippen molar-refractivity contribution in [1.82, 2.24) is 4.90 Å². The molecule has 3 nitrogen and oxygen atoms in total. The van der Waals surface area contributed by atoms with Crippen LogP contribution in [0.4, 0.5) is 4.39 Å². The van der Waals surface area contributed by atoms with E-state index < -0.39 is 0 Å². The van der Waals surface area contributed by atoms with E-state index in [-0.39, 0.29) is 11.8 Å². The lowest BCUT2D eigenvalue weighted by Gasteiger charge is -2.16. The smallest absolute Gasteiger partial charge is 0.305 e. The number of rotatable bonds is 6. The van der Waals surface area contributed by atoms with Gasteiger partial charge in [-0.1, -0.05) is 12.1 Å². The summed E-state index contributed by atoms with van der Waals surface area (Å²) >= 11 is 0. The molecule has 0 heterocycles. The molecule has 0 fully saturated rings. The number of carbonyl (C=O) groups is 1. The van der Waals surface area contributed by atoms with Crippen LogP contribution in [0.15, 0.2) is 24.3 Å². The third-order valence-electron chi connectivity index (χ3n) is 2.49. The minimum absolute atomic E-state index is 0.191. The predicted octanol–water partition coefficient (Wildman–Crippen LogP) is 2.21. The highest BCUT2D eigenvalue weighted by molar-refractivity contribution is 5.69. The normalized spacial score (nSPS) is 10.6. The highest BCUT2D eigenvalue weighted by Crippen LogP contribution is 2.07. The molecule has 0 aromatic heterocycles. The van der Waals surface area contributed by atoms with Crippen LogP contribution in [0.2, 0.25) is 0 Å². The number of benzene rings is 1. The van der Waals surface area contributed by atoms with Gasteiger partial charge in [-0.15, -0.1) is 0 Å². The number of hydrogen-bond acceptors (Lipinski definition) is 3. The Morgan fingerprint density at radius 1 is 1.47 bits per heavy atom. The maximum absolute atomic E-state index is 12.9. The molecular weight excluding hydrogens is 221 g/mol. The van der Waals surface area contributed by atoms with E-state index in [4.69, 9.17) is 0 Å². The predicted molar refractivity (Wildman–Crippen MR) is 64.0 cm³/mol. The fourth-order valence-electron chi connectivity index (χ4n) is 1.62. The average molecular weight is 239 g/mol. The van der Waals surface area contributed by atoms with Gasteiger partial charge in [0, 0.05) is 13.0 Å². The van der Waals surface area contributed by atoms with Crippen molar-refractivity contribution >= 4 is 5.97 Å². The Morgan fingerprint density at radius 2 is 2.24 bits per heavy atom. The molecule has 1 rings (SSSR count). The van der Waals surface area contributed by atoms with E-state index in [1.165, 1.54) is 19.2 Å². The second-order valence-corrected chi connectivity index (χ2v) is 4.05. The molecule has 0 aliphatic rings. The molecule has 0 spiro atoms. The number of hydrogen-bond donors (Lipinski definition) is 0. The van der Waals surface area contributed by atoms with Crippen molar-refractivity contribution in [3.8, 4) is 0 Å². The largest absolute Gasteiger partial charge is 0.469 e. The van der Waals surface area contributed by atoms with E-state index in [1.807, 2.05) is 13.1 Å². The van der Waals surface area contributed by atoms with Gasteiger partial charge in [-0.05, 0) is 37.7 Å². The Bertz CT molecular complexity index is 368. The number of ether oxygens (including phenoxy) is 1. The lowest BCUT2D eigenvalue weighted by Crippen LogP contribution is -2.20. The average Bonchev–Trinajstić information content (AvgIpc) is 2.28. The fraction of sp³-hybridized carbons (Fsp3) is 0.462. The zero-order valence-electron chi connectivity index (χ0n) is 10.3. The summed E-state index contributed by atoms with van der Waals surface area (Å²) in [6, 6.07) is 6.55. The van der Waals surface area contributed by atoms with Crippen LogP contribution in [-0.2, 0) is 16.1 Å². The second kappa shape index (κ2) is 7.01. The minimum atomic E-state index is -0.217. The Labute approximate surface area is 101 Å². The summed E-state index contributed by atoms with van der Waals surface area (Å²) in [5.74, 6) is -0.408. The summed E-state index contributed by atoms with van der Waals surface area (Å²) in [5, 5.41) is 0. The van der Waals surface area contributed by atoms with Crippen molar-refractivity contribution in [2.75, 3.05) is 20.7 Å². The van der Waals surface area contributed by atoms with Crippen LogP contribution in [0.25, 0.3) is 0 Å². The first-order valence-electron chi connectivity index (χ1n) is 5.61. The quantitative estimate of drug-likeness (QED) is 0.713. The molecule has 0 aliphatic heterocycles. The molecule has 0 saturated carbocycles. The van der Waals surface area contributed by atoms with Crippen LogP contribution in [0.3, 0.4) is 0 Å². The Balaban J connectivity index is 2.29. The van der Waals surface area contributed by atoms with Gasteiger partial charge in [0.05, 0.1) is 7.11 Å². The van der Waals surface area contributed by atoms with Gasteiger partial charge in [-0.2, -0.15) is 0 Å². The first kappa shape index (κ1) is 13.6. The van der Waals surface area contributed by atoms with Gasteiger partial charge in [0.2, 0.25) is 0 Å². The lowest BCUT2D eigenvalue weighted by atomic mass is 10.2. The van der Waals surface area contributed by atoms with Crippen molar-refractivity contribution in [2.24, 2.45) is 0 Å². The van der Waals surface area contributed by atoms with Crippen LogP contribution < -0.4 is 0 Å². The topological polar surface area (TPSA) is 29.5 Å². The molecule has 0 N–H and O–H groups in total. The van der Waals surface area contributed by atoms with Crippen LogP contribution in [-0.4, -0.2) is 31.6 Å². The molecule has 1 aromatic rings. The third kappa shape index (κ3) is 5.45. The monoisotopic (exact) mass is 239 g/mol. The molecule has 4 heteroatoms. The Hall–Kier alpha value is -1.42. The van der Waals surface area contributed by atoms with Gasteiger partial charge in [0.15, 0.2) is 0 Å². The minimum Gasteiger partial charge on any atom is -0.469 e. The number of halogens is 1. The first-order chi connectivity index (χ1) is 8.11. The maximum atomic E-state index is 12.9. The van der Waals surface area contributed by atoms with Crippen LogP contribution in [0, 0.1) is 5.82 Å². The van der Waals surface area contributed by atoms with E-state index in [0.29, 0.717) is 13.0 Å². The molecule has 17 heavy (non-hydrogen) atoms. The molecule has 0 aliphatic carbocycles. The van der Waals surface area contributed by atoms with Crippen LogP contribution in [0.5, 0.6) is 0 Å². The zero-order valence-corrected chi connectivity index (χ0v) is 10.3. The molecule has 0 amide bonds. The maximum Gasteiger partial charge on any atom is 0.305 e. The van der Waals surface area contributed by atoms with Gasteiger partial charge >= 0.3 is 5.97 Å². The van der Waals surface area contributed by atoms with E-state index in [0.717, 1.165) is 18.5 Å². The summed E-state index contributed by atoms with van der Waals surface area (Å²) in [6.45, 7) is 1.46. The molecule has 1 aromatic carbocycles. The van der Waals surface area contributed by atoms with Crippen molar-refractivity contribution in [1.29, 1.82) is 0 Å². The standard InChI is InChI=1S/C13H18FNO2/c1-15(8-4-7-13(16)17-2)10-11-5-3-6-12(14)9-11/h3,5-6,9H,4,7-8,10H2,1-2H3. The van der Waals surface area contributed by atoms with E-state index >= 15 is 0 Å². The van der Waals surface area contributed by atoms with Crippen molar-refractivity contribution in [3.63, 3.8) is 0 Å². The molecule has 0 radical (unpaired) electrons. The van der Waals surface area contributed by atoms with Crippen molar-refractivity contribution in [3.05, 3.63) is 35.6 Å². The van der Waals surface area contributed by atoms with Gasteiger partial charge in [-0.3, -0.25) is 4.79 Å². The molecule has 0 unspecified atom stereocenters. The molecular formula is C13H18FNO2. The number of carbonyl (C=O) groups excluding carboxylic acids is 1. The van der Waals surface area contributed by atoms with Crippen molar-refractivity contribution < 1.29 is 13.9 Å². The van der Waals surface area contributed by atoms with Crippen molar-refractivity contribution in [2.45, 2.75) is 19.4 Å². The van der Waals surface area contributed by atoms with Gasteiger partial charge in [0.25, 0.3) is 0 Å². The Kier molecular flexibility index (Phi) is 5.63. The highest BCUT2D eigenvalue weighted by atomic mass is 19.1. The third-order valence-corrected chi connectivity index (χ3v) is 2.49. The Morgan fingerprint density at radius 3 is 2.88 bits per heavy atom. The highest BCUT2D eigenvalue weighted by Gasteiger charge is 2.04. The summed E-state index contributed by atoms with van der Waals surface area (Å²) in [5.41, 5.74) is 0.936. The summed E-state index contributed by atoms with van der Waals surface area (Å²) < 4.78 is 17.5. The SMILES string of the molecule is COC(=O)CCCN(C)Cc1cccc(F)c1. The van der Waals surface area contributed by atoms with Gasteiger partial charge in [0.1, 0.15) is 5.82 Å². The number of esters is 1. The summed E-state index contributed by atoms with van der Waals surface area (Å²) in [7, 11) is 3.33. The van der Waals surface area contributed by atoms with E-state index in [9.17, 15) is 9.18 Å². The summed E-state index contributed by atoms with van der Waals surface area (Å²) in [4.78, 5) is 13.0. The first-order valence-corrected chi connectivity index (χ1v) is 5.61. The molecule has 0 atom stereocenters. The van der Waals surface area contributed by atoms with Gasteiger partial charge in [-0.25, -0.2) is 4.39 Å². The van der Waals surface area contributed by atoms with E-state index in [1.54, 1.807) is 6.07 Å². The molecule has 94 valence electrons. The van der Waals surface area contributed by atoms with Crippen LogP contribution >= 0.6 is 0 Å².